The van der Waals surface area contributed by atoms with E-state index in [4.69, 9.17) is 5.73 Å². The molecule has 1 aliphatic rings. The number of benzene rings is 1. The van der Waals surface area contributed by atoms with Crippen molar-refractivity contribution in [1.82, 2.24) is 4.90 Å². The van der Waals surface area contributed by atoms with Gasteiger partial charge < -0.3 is 5.73 Å². The van der Waals surface area contributed by atoms with Crippen LogP contribution in [-0.4, -0.2) is 23.5 Å². The van der Waals surface area contributed by atoms with Gasteiger partial charge in [0.2, 0.25) is 0 Å². The van der Waals surface area contributed by atoms with E-state index in [0.29, 0.717) is 12.1 Å². The molecule has 1 saturated carbocycles. The summed E-state index contributed by atoms with van der Waals surface area (Å²) in [7, 11) is 0. The van der Waals surface area contributed by atoms with Crippen LogP contribution in [0.4, 0.5) is 0 Å². The molecule has 0 saturated heterocycles. The first kappa shape index (κ1) is 16.5. The van der Waals surface area contributed by atoms with Crippen molar-refractivity contribution in [2.24, 2.45) is 5.73 Å². The van der Waals surface area contributed by atoms with E-state index in [1.54, 1.807) is 0 Å². The van der Waals surface area contributed by atoms with Crippen molar-refractivity contribution in [3.63, 3.8) is 0 Å². The van der Waals surface area contributed by atoms with Gasteiger partial charge in [-0.2, -0.15) is 0 Å². The Morgan fingerprint density at radius 3 is 2.45 bits per heavy atom. The van der Waals surface area contributed by atoms with Crippen molar-refractivity contribution >= 4 is 31.9 Å². The van der Waals surface area contributed by atoms with Gasteiger partial charge in [-0.25, -0.2) is 0 Å². The van der Waals surface area contributed by atoms with E-state index in [1.165, 1.54) is 44.2 Å². The molecule has 0 atom stereocenters. The number of hydrogen-bond donors (Lipinski definition) is 1. The molecule has 1 fully saturated rings. The summed E-state index contributed by atoms with van der Waals surface area (Å²) in [5.74, 6) is 0. The van der Waals surface area contributed by atoms with Crippen molar-refractivity contribution < 1.29 is 0 Å². The van der Waals surface area contributed by atoms with Crippen LogP contribution in [0.25, 0.3) is 0 Å². The van der Waals surface area contributed by atoms with E-state index in [2.05, 4.69) is 61.9 Å². The van der Waals surface area contributed by atoms with Crippen molar-refractivity contribution in [3.05, 3.63) is 32.7 Å². The Bertz CT molecular complexity index is 428. The molecule has 1 aromatic carbocycles. The molecule has 0 spiro atoms. The molecule has 0 amide bonds. The lowest BCUT2D eigenvalue weighted by atomic mass is 9.90. The Hall–Kier alpha value is 0.1000. The second-order valence-electron chi connectivity index (χ2n) is 5.79. The molecule has 0 radical (unpaired) electrons. The largest absolute Gasteiger partial charge is 0.328 e. The predicted molar refractivity (Wildman–Crippen MR) is 92.8 cm³/mol. The SMILES string of the molecule is CCCN(Cc1ccc(Br)c(Br)c1)C1CCC(N)CC1. The monoisotopic (exact) mass is 402 g/mol. The molecule has 20 heavy (non-hydrogen) atoms. The number of halogens is 2. The molecule has 2 rings (SSSR count). The molecule has 1 aromatic rings. The first-order valence-electron chi connectivity index (χ1n) is 7.53. The summed E-state index contributed by atoms with van der Waals surface area (Å²) in [6, 6.07) is 7.70. The van der Waals surface area contributed by atoms with E-state index in [0.717, 1.165) is 15.5 Å². The molecule has 0 aliphatic heterocycles. The Morgan fingerprint density at radius 1 is 1.15 bits per heavy atom. The van der Waals surface area contributed by atoms with Gasteiger partial charge in [-0.05, 0) is 88.2 Å². The second-order valence-corrected chi connectivity index (χ2v) is 7.50. The molecule has 0 heterocycles. The van der Waals surface area contributed by atoms with Gasteiger partial charge in [0.25, 0.3) is 0 Å². The first-order chi connectivity index (χ1) is 9.60. The van der Waals surface area contributed by atoms with Crippen molar-refractivity contribution in [3.8, 4) is 0 Å². The van der Waals surface area contributed by atoms with Gasteiger partial charge in [0.15, 0.2) is 0 Å². The van der Waals surface area contributed by atoms with Gasteiger partial charge in [0.1, 0.15) is 0 Å². The maximum Gasteiger partial charge on any atom is 0.0320 e. The van der Waals surface area contributed by atoms with Gasteiger partial charge >= 0.3 is 0 Å². The normalized spacial score (nSPS) is 23.2. The average molecular weight is 404 g/mol. The van der Waals surface area contributed by atoms with Gasteiger partial charge in [-0.15, -0.1) is 0 Å². The Kier molecular flexibility index (Phi) is 6.53. The maximum atomic E-state index is 6.03. The van der Waals surface area contributed by atoms with E-state index < -0.39 is 0 Å². The molecule has 2 N–H and O–H groups in total. The number of hydrogen-bond acceptors (Lipinski definition) is 2. The Balaban J connectivity index is 2.02. The van der Waals surface area contributed by atoms with Crippen LogP contribution in [0.3, 0.4) is 0 Å². The Morgan fingerprint density at radius 2 is 1.85 bits per heavy atom. The average Bonchev–Trinajstić information content (AvgIpc) is 2.43. The number of nitrogens with two attached hydrogens (primary N) is 1. The van der Waals surface area contributed by atoms with Crippen molar-refractivity contribution in [1.29, 1.82) is 0 Å². The molecular formula is C16H24Br2N2. The summed E-state index contributed by atoms with van der Waals surface area (Å²) < 4.78 is 2.25. The van der Waals surface area contributed by atoms with Crippen LogP contribution < -0.4 is 5.73 Å². The van der Waals surface area contributed by atoms with Crippen LogP contribution in [0.1, 0.15) is 44.6 Å². The standard InChI is InChI=1S/C16H24Br2N2/c1-2-9-20(14-6-4-13(19)5-7-14)11-12-3-8-15(17)16(18)10-12/h3,8,10,13-14H,2,4-7,9,11,19H2,1H3. The lowest BCUT2D eigenvalue weighted by Gasteiger charge is -2.36. The van der Waals surface area contributed by atoms with Gasteiger partial charge in [-0.3, -0.25) is 4.90 Å². The molecule has 1 aliphatic carbocycles. The van der Waals surface area contributed by atoms with Crippen LogP contribution in [-0.2, 0) is 6.54 Å². The lowest BCUT2D eigenvalue weighted by Crippen LogP contribution is -2.40. The van der Waals surface area contributed by atoms with Gasteiger partial charge in [0.05, 0.1) is 0 Å². The quantitative estimate of drug-likeness (QED) is 0.772. The minimum atomic E-state index is 0.427. The summed E-state index contributed by atoms with van der Waals surface area (Å²) in [6.07, 6.45) is 6.06. The van der Waals surface area contributed by atoms with Crippen LogP contribution in [0.15, 0.2) is 27.1 Å². The van der Waals surface area contributed by atoms with Crippen molar-refractivity contribution in [2.45, 2.75) is 57.7 Å². The fourth-order valence-electron chi connectivity index (χ4n) is 3.02. The van der Waals surface area contributed by atoms with E-state index >= 15 is 0 Å². The topological polar surface area (TPSA) is 29.3 Å². The predicted octanol–water partition coefficient (Wildman–Crippen LogP) is 4.69. The lowest BCUT2D eigenvalue weighted by molar-refractivity contribution is 0.142. The zero-order valence-corrected chi connectivity index (χ0v) is 15.3. The number of rotatable bonds is 5. The van der Waals surface area contributed by atoms with Crippen LogP contribution >= 0.6 is 31.9 Å². The summed E-state index contributed by atoms with van der Waals surface area (Å²) in [6.45, 7) is 4.48. The minimum Gasteiger partial charge on any atom is -0.328 e. The smallest absolute Gasteiger partial charge is 0.0320 e. The maximum absolute atomic E-state index is 6.03. The third-order valence-corrected chi connectivity index (χ3v) is 6.02. The van der Waals surface area contributed by atoms with Gasteiger partial charge in [-0.1, -0.05) is 13.0 Å². The molecule has 0 bridgehead atoms. The molecule has 2 nitrogen and oxygen atoms in total. The second kappa shape index (κ2) is 7.92. The van der Waals surface area contributed by atoms with Crippen molar-refractivity contribution in [2.75, 3.05) is 6.54 Å². The summed E-state index contributed by atoms with van der Waals surface area (Å²) >= 11 is 7.13. The van der Waals surface area contributed by atoms with Gasteiger partial charge in [0, 0.05) is 27.6 Å². The molecule has 112 valence electrons. The zero-order valence-electron chi connectivity index (χ0n) is 12.1. The fourth-order valence-corrected chi connectivity index (χ4v) is 3.69. The number of nitrogens with zero attached hydrogens (tertiary/aromatic N) is 1. The highest BCUT2D eigenvalue weighted by atomic mass is 79.9. The third kappa shape index (κ3) is 4.55. The third-order valence-electron chi connectivity index (χ3n) is 4.14. The summed E-state index contributed by atoms with van der Waals surface area (Å²) in [5.41, 5.74) is 7.41. The molecular weight excluding hydrogens is 380 g/mol. The van der Waals surface area contributed by atoms with E-state index in [-0.39, 0.29) is 0 Å². The highest BCUT2D eigenvalue weighted by Gasteiger charge is 2.23. The van der Waals surface area contributed by atoms with E-state index in [1.807, 2.05) is 0 Å². The fraction of sp³-hybridized carbons (Fsp3) is 0.625. The molecule has 0 unspecified atom stereocenters. The molecule has 0 aromatic heterocycles. The first-order valence-corrected chi connectivity index (χ1v) is 9.12. The highest BCUT2D eigenvalue weighted by Crippen LogP contribution is 2.27. The van der Waals surface area contributed by atoms with Crippen LogP contribution in [0, 0.1) is 0 Å². The zero-order chi connectivity index (χ0) is 14.5. The van der Waals surface area contributed by atoms with Crippen LogP contribution in [0.5, 0.6) is 0 Å². The summed E-state index contributed by atoms with van der Waals surface area (Å²) in [4.78, 5) is 2.64. The Labute approximate surface area is 139 Å². The summed E-state index contributed by atoms with van der Waals surface area (Å²) in [5, 5.41) is 0. The van der Waals surface area contributed by atoms with Crippen LogP contribution in [0.2, 0.25) is 0 Å². The van der Waals surface area contributed by atoms with E-state index in [9.17, 15) is 0 Å². The minimum absolute atomic E-state index is 0.427. The molecule has 4 heteroatoms. The highest BCUT2D eigenvalue weighted by molar-refractivity contribution is 9.13.